The minimum absolute atomic E-state index is 0.599. The summed E-state index contributed by atoms with van der Waals surface area (Å²) in [6.07, 6.45) is 0. The topological polar surface area (TPSA) is 17.8 Å². The molecule has 0 N–H and O–H groups in total. The Morgan fingerprint density at radius 1 is 0.323 bits per heavy atom. The molecule has 1 aliphatic heterocycles. The molecule has 1 unspecified atom stereocenters. The molecule has 1 atom stereocenters. The molecule has 11 aromatic rings. The second-order valence-corrected chi connectivity index (χ2v) is 16.6. The lowest BCUT2D eigenvalue weighted by atomic mass is 9.65. The van der Waals surface area contributed by atoms with Crippen LogP contribution < -0.4 is 0 Å². The summed E-state index contributed by atoms with van der Waals surface area (Å²) in [6.45, 7) is 0. The van der Waals surface area contributed by atoms with Gasteiger partial charge in [0, 0.05) is 21.9 Å². The molecule has 3 heterocycles. The van der Waals surface area contributed by atoms with Crippen LogP contribution in [0.3, 0.4) is 0 Å². The fraction of sp³-hybridized carbons (Fsp3) is 0.0167. The maximum atomic E-state index is 5.56. The Bertz CT molecular complexity index is 3510. The number of para-hydroxylation sites is 3. The summed E-state index contributed by atoms with van der Waals surface area (Å²) in [5.41, 5.74) is 22.0. The fourth-order valence-electron chi connectivity index (χ4n) is 10.9. The van der Waals surface area contributed by atoms with Gasteiger partial charge in [-0.1, -0.05) is 200 Å². The zero-order valence-electron chi connectivity index (χ0n) is 33.8. The van der Waals surface area contributed by atoms with E-state index in [1.807, 2.05) is 0 Å². The van der Waals surface area contributed by atoms with Crippen LogP contribution in [-0.2, 0) is 5.41 Å². The van der Waals surface area contributed by atoms with Gasteiger partial charge in [-0.2, -0.15) is 0 Å². The van der Waals surface area contributed by atoms with Gasteiger partial charge in [0.15, 0.2) is 0 Å². The van der Waals surface area contributed by atoms with E-state index < -0.39 is 5.41 Å². The Morgan fingerprint density at radius 3 is 1.71 bits per heavy atom. The molecule has 0 saturated heterocycles. The van der Waals surface area contributed by atoms with E-state index in [0.29, 0.717) is 0 Å². The molecule has 0 amide bonds. The van der Waals surface area contributed by atoms with Gasteiger partial charge in [0.25, 0.3) is 0 Å². The molecule has 62 heavy (non-hydrogen) atoms. The van der Waals surface area contributed by atoms with E-state index in [9.17, 15) is 0 Å². The Balaban J connectivity index is 1.16. The van der Waals surface area contributed by atoms with E-state index in [4.69, 9.17) is 4.98 Å². The number of hydrogen-bond donors (Lipinski definition) is 0. The summed E-state index contributed by atoms with van der Waals surface area (Å²) in [5, 5.41) is 2.54. The van der Waals surface area contributed by atoms with Gasteiger partial charge in [-0.25, -0.2) is 4.98 Å². The lowest BCUT2D eigenvalue weighted by Gasteiger charge is -2.39. The summed E-state index contributed by atoms with van der Waals surface area (Å²) < 4.78 is 2.52. The van der Waals surface area contributed by atoms with E-state index in [0.717, 1.165) is 28.1 Å². The average Bonchev–Trinajstić information content (AvgIpc) is 3.85. The van der Waals surface area contributed by atoms with Gasteiger partial charge < -0.3 is 4.57 Å². The van der Waals surface area contributed by atoms with Crippen LogP contribution in [0.15, 0.2) is 231 Å². The maximum absolute atomic E-state index is 5.56. The van der Waals surface area contributed by atoms with Crippen molar-refractivity contribution in [3.8, 4) is 72.7 Å². The van der Waals surface area contributed by atoms with Crippen molar-refractivity contribution < 1.29 is 0 Å². The predicted molar refractivity (Wildman–Crippen MR) is 257 cm³/mol. The highest BCUT2D eigenvalue weighted by Crippen LogP contribution is 2.63. The minimum atomic E-state index is -0.599. The smallest absolute Gasteiger partial charge is 0.0754 e. The zero-order valence-corrected chi connectivity index (χ0v) is 33.8. The molecule has 288 valence electrons. The first-order valence-electron chi connectivity index (χ1n) is 21.5. The molecule has 2 aromatic heterocycles. The van der Waals surface area contributed by atoms with E-state index in [2.05, 4.69) is 235 Å². The van der Waals surface area contributed by atoms with Crippen LogP contribution in [0.5, 0.6) is 0 Å². The molecule has 1 aliphatic carbocycles. The van der Waals surface area contributed by atoms with E-state index in [-0.39, 0.29) is 0 Å². The van der Waals surface area contributed by atoms with E-state index in [1.165, 1.54) is 88.7 Å². The average molecular weight is 787 g/mol. The minimum Gasteiger partial charge on any atom is -0.309 e. The standard InChI is InChI=1S/C60H38N2/c1-4-18-39(19-5-1)43-37-54(41-22-8-3-9-23-41)61-55(38-43)48-28-17-30-52-58(48)49-36-42(45-25-11-10-24-44(45)40-20-6-2-7-21-40)34-35-50(49)60(52)51-29-13-15-33-57(51)62-56-32-14-12-26-46(56)47-27-16-31-53(60)59(47)62/h1-38H. The Kier molecular flexibility index (Phi) is 7.55. The van der Waals surface area contributed by atoms with Crippen LogP contribution in [0.4, 0.5) is 0 Å². The molecule has 0 fully saturated rings. The van der Waals surface area contributed by atoms with Crippen molar-refractivity contribution in [3.63, 3.8) is 0 Å². The summed E-state index contributed by atoms with van der Waals surface area (Å²) in [7, 11) is 0. The molecule has 13 rings (SSSR count). The second kappa shape index (κ2) is 13.5. The SMILES string of the molecule is c1ccc(-c2cc(-c3ccccc3)nc(-c3cccc4c3-c3cc(-c5ccccc5-c5ccccc5)ccc3C43c4ccccc4-n4c5ccccc5c5cccc3c54)c2)cc1. The molecule has 0 bridgehead atoms. The van der Waals surface area contributed by atoms with Crippen molar-refractivity contribution in [2.75, 3.05) is 0 Å². The third-order valence-electron chi connectivity index (χ3n) is 13.4. The Morgan fingerprint density at radius 2 is 0.903 bits per heavy atom. The normalized spacial score (nSPS) is 14.5. The Labute approximate surface area is 360 Å². The number of rotatable bonds is 5. The van der Waals surface area contributed by atoms with Crippen molar-refractivity contribution >= 4 is 21.8 Å². The number of hydrogen-bond acceptors (Lipinski definition) is 1. The summed E-state index contributed by atoms with van der Waals surface area (Å²) in [6, 6.07) is 84.6. The maximum Gasteiger partial charge on any atom is 0.0754 e. The van der Waals surface area contributed by atoms with Crippen LogP contribution in [0.2, 0.25) is 0 Å². The first-order chi connectivity index (χ1) is 30.8. The third-order valence-corrected chi connectivity index (χ3v) is 13.4. The van der Waals surface area contributed by atoms with Crippen LogP contribution in [0.25, 0.3) is 94.5 Å². The molecule has 2 aliphatic rings. The van der Waals surface area contributed by atoms with Gasteiger partial charge in [-0.3, -0.25) is 0 Å². The molecule has 2 nitrogen and oxygen atoms in total. The summed E-state index contributed by atoms with van der Waals surface area (Å²) >= 11 is 0. The van der Waals surface area contributed by atoms with Crippen molar-refractivity contribution in [1.82, 2.24) is 9.55 Å². The van der Waals surface area contributed by atoms with Gasteiger partial charge in [-0.05, 0) is 97.1 Å². The molecule has 0 radical (unpaired) electrons. The van der Waals surface area contributed by atoms with Crippen LogP contribution >= 0.6 is 0 Å². The number of aromatic nitrogens is 2. The largest absolute Gasteiger partial charge is 0.309 e. The van der Waals surface area contributed by atoms with Gasteiger partial charge in [0.05, 0.1) is 33.5 Å². The second-order valence-electron chi connectivity index (χ2n) is 16.6. The molecule has 2 heteroatoms. The van der Waals surface area contributed by atoms with Gasteiger partial charge >= 0.3 is 0 Å². The number of pyridine rings is 1. The lowest BCUT2D eigenvalue weighted by molar-refractivity contribution is 0.748. The predicted octanol–water partition coefficient (Wildman–Crippen LogP) is 15.2. The summed E-state index contributed by atoms with van der Waals surface area (Å²) in [4.78, 5) is 5.56. The number of nitrogens with zero attached hydrogens (tertiary/aromatic N) is 2. The van der Waals surface area contributed by atoms with Crippen LogP contribution in [0, 0.1) is 0 Å². The van der Waals surface area contributed by atoms with Crippen molar-refractivity contribution in [1.29, 1.82) is 0 Å². The van der Waals surface area contributed by atoms with Crippen LogP contribution in [0.1, 0.15) is 22.3 Å². The van der Waals surface area contributed by atoms with Gasteiger partial charge in [0.1, 0.15) is 0 Å². The lowest BCUT2D eigenvalue weighted by Crippen LogP contribution is -2.33. The fourth-order valence-corrected chi connectivity index (χ4v) is 10.9. The summed E-state index contributed by atoms with van der Waals surface area (Å²) in [5.74, 6) is 0. The monoisotopic (exact) mass is 786 g/mol. The van der Waals surface area contributed by atoms with Crippen molar-refractivity contribution in [3.05, 3.63) is 253 Å². The first-order valence-corrected chi connectivity index (χ1v) is 21.5. The zero-order chi connectivity index (χ0) is 40.8. The quantitative estimate of drug-likeness (QED) is 0.170. The first kappa shape index (κ1) is 34.8. The van der Waals surface area contributed by atoms with E-state index in [1.54, 1.807) is 0 Å². The van der Waals surface area contributed by atoms with E-state index >= 15 is 0 Å². The Hall–Kier alpha value is -8.07. The molecular weight excluding hydrogens is 749 g/mol. The van der Waals surface area contributed by atoms with Crippen molar-refractivity contribution in [2.24, 2.45) is 0 Å². The third kappa shape index (κ3) is 4.89. The molecule has 1 spiro atoms. The highest BCUT2D eigenvalue weighted by molar-refractivity contribution is 6.13. The highest BCUT2D eigenvalue weighted by atomic mass is 15.0. The van der Waals surface area contributed by atoms with Gasteiger partial charge in [0.2, 0.25) is 0 Å². The molecular formula is C60H38N2. The van der Waals surface area contributed by atoms with Gasteiger partial charge in [-0.15, -0.1) is 0 Å². The van der Waals surface area contributed by atoms with Crippen molar-refractivity contribution in [2.45, 2.75) is 5.41 Å². The van der Waals surface area contributed by atoms with Crippen LogP contribution in [-0.4, -0.2) is 9.55 Å². The highest BCUT2D eigenvalue weighted by Gasteiger charge is 2.51. The number of benzene rings is 9. The molecule has 0 saturated carbocycles. The number of fused-ring (bicyclic) bond motifs is 12. The molecule has 9 aromatic carbocycles.